The third-order valence-corrected chi connectivity index (χ3v) is 4.07. The first-order valence-electron chi connectivity index (χ1n) is 7.53. The normalized spacial score (nSPS) is 19.8. The molecule has 3 aromatic rings. The molecule has 3 aromatic heterocycles. The summed E-state index contributed by atoms with van der Waals surface area (Å²) in [6, 6.07) is 1.49. The summed E-state index contributed by atoms with van der Waals surface area (Å²) in [5, 5.41) is 8.99. The number of aromatic nitrogens is 5. The van der Waals surface area contributed by atoms with E-state index in [0.717, 1.165) is 0 Å². The van der Waals surface area contributed by atoms with E-state index >= 15 is 0 Å². The fourth-order valence-corrected chi connectivity index (χ4v) is 2.71. The maximum Gasteiger partial charge on any atom is 0.259 e. The molecule has 0 bridgehead atoms. The highest BCUT2D eigenvalue weighted by atomic mass is 19.3. The van der Waals surface area contributed by atoms with E-state index in [1.807, 2.05) is 20.8 Å². The van der Waals surface area contributed by atoms with Crippen molar-refractivity contribution in [2.45, 2.75) is 44.6 Å². The second-order valence-corrected chi connectivity index (χ2v) is 7.02. The molecule has 0 radical (unpaired) electrons. The average Bonchev–Trinajstić information content (AvgIpc) is 2.89. The average molecular weight is 334 g/mol. The fraction of sp³-hybridized carbons (Fsp3) is 0.467. The highest BCUT2D eigenvalue weighted by Gasteiger charge is 2.60. The molecule has 4 rings (SSSR count). The maximum atomic E-state index is 13.2. The van der Waals surface area contributed by atoms with Gasteiger partial charge in [-0.3, -0.25) is 0 Å². The lowest BCUT2D eigenvalue weighted by Crippen LogP contribution is -2.23. The van der Waals surface area contributed by atoms with Crippen LogP contribution in [0.4, 0.5) is 14.6 Å². The number of hydrogen-bond donors (Lipinski definition) is 1. The van der Waals surface area contributed by atoms with Gasteiger partial charge in [0.2, 0.25) is 0 Å². The highest BCUT2D eigenvalue weighted by Crippen LogP contribution is 2.56. The third-order valence-electron chi connectivity index (χ3n) is 4.07. The van der Waals surface area contributed by atoms with Crippen LogP contribution in [0.5, 0.6) is 0 Å². The largest absolute Gasteiger partial charge is 0.383 e. The zero-order valence-corrected chi connectivity index (χ0v) is 13.4. The number of nitrogen functional groups attached to an aromatic ring is 1. The number of nitrogens with two attached hydrogens (primary N) is 1. The Kier molecular flexibility index (Phi) is 2.80. The number of nitrogens with zero attached hydrogens (tertiary/aromatic N) is 5. The van der Waals surface area contributed by atoms with Gasteiger partial charge >= 0.3 is 0 Å². The molecule has 1 saturated carbocycles. The van der Waals surface area contributed by atoms with E-state index in [0.29, 0.717) is 22.4 Å². The zero-order valence-electron chi connectivity index (χ0n) is 13.4. The van der Waals surface area contributed by atoms with Gasteiger partial charge in [-0.2, -0.15) is 5.10 Å². The Morgan fingerprint density at radius 2 is 2.04 bits per heavy atom. The standard InChI is InChI=1S/C15H16F2N6O/c1-14(2,3)23-13-10(12(18)19-6-20-13)11(21-23)8-4-9(24-22-8)7-5-15(7,16)17/h4,6-7H,5H2,1-3H3,(H2,18,19,20). The lowest BCUT2D eigenvalue weighted by molar-refractivity contribution is 0.107. The number of fused-ring (bicyclic) bond motifs is 1. The third kappa shape index (κ3) is 2.15. The second kappa shape index (κ2) is 4.49. The zero-order chi connectivity index (χ0) is 17.3. The van der Waals surface area contributed by atoms with Crippen molar-refractivity contribution < 1.29 is 13.3 Å². The molecule has 0 amide bonds. The van der Waals surface area contributed by atoms with Gasteiger partial charge in [0.05, 0.1) is 16.8 Å². The van der Waals surface area contributed by atoms with Crippen LogP contribution in [0.1, 0.15) is 38.9 Å². The van der Waals surface area contributed by atoms with E-state index in [-0.39, 0.29) is 23.5 Å². The Labute approximate surface area is 135 Å². The van der Waals surface area contributed by atoms with Gasteiger partial charge in [-0.15, -0.1) is 0 Å². The number of alkyl halides is 2. The summed E-state index contributed by atoms with van der Waals surface area (Å²) in [4.78, 5) is 8.26. The van der Waals surface area contributed by atoms with Crippen molar-refractivity contribution in [2.75, 3.05) is 5.73 Å². The van der Waals surface area contributed by atoms with Gasteiger partial charge in [0.1, 0.15) is 29.3 Å². The summed E-state index contributed by atoms with van der Waals surface area (Å²) < 4.78 is 33.3. The number of halogens is 2. The summed E-state index contributed by atoms with van der Waals surface area (Å²) in [6.07, 6.45) is 1.15. The number of anilines is 1. The summed E-state index contributed by atoms with van der Waals surface area (Å²) in [5.41, 5.74) is 6.97. The molecule has 3 heterocycles. The lowest BCUT2D eigenvalue weighted by atomic mass is 10.1. The van der Waals surface area contributed by atoms with E-state index in [1.165, 1.54) is 12.4 Å². The molecule has 0 aliphatic heterocycles. The van der Waals surface area contributed by atoms with Crippen LogP contribution in [0, 0.1) is 0 Å². The molecule has 7 nitrogen and oxygen atoms in total. The van der Waals surface area contributed by atoms with E-state index in [4.69, 9.17) is 10.3 Å². The van der Waals surface area contributed by atoms with E-state index in [9.17, 15) is 8.78 Å². The van der Waals surface area contributed by atoms with Crippen molar-refractivity contribution in [3.05, 3.63) is 18.2 Å². The topological polar surface area (TPSA) is 95.7 Å². The SMILES string of the molecule is CC(C)(C)n1nc(-c2cc(C3CC3(F)F)on2)c2c(N)ncnc21. The Bertz CT molecular complexity index is 939. The van der Waals surface area contributed by atoms with Crippen LogP contribution in [-0.2, 0) is 5.54 Å². The predicted molar refractivity (Wildman–Crippen MR) is 82.5 cm³/mol. The van der Waals surface area contributed by atoms with Crippen molar-refractivity contribution in [1.29, 1.82) is 0 Å². The smallest absolute Gasteiger partial charge is 0.259 e. The summed E-state index contributed by atoms with van der Waals surface area (Å²) >= 11 is 0. The fourth-order valence-electron chi connectivity index (χ4n) is 2.71. The van der Waals surface area contributed by atoms with Crippen molar-refractivity contribution in [1.82, 2.24) is 24.9 Å². The molecule has 126 valence electrons. The first kappa shape index (κ1) is 15.0. The van der Waals surface area contributed by atoms with Gasteiger partial charge < -0.3 is 10.3 Å². The molecule has 9 heteroatoms. The van der Waals surface area contributed by atoms with Crippen molar-refractivity contribution >= 4 is 16.9 Å². The van der Waals surface area contributed by atoms with Crippen LogP contribution in [0.15, 0.2) is 16.9 Å². The summed E-state index contributed by atoms with van der Waals surface area (Å²) in [6.45, 7) is 5.92. The molecule has 0 saturated heterocycles. The lowest BCUT2D eigenvalue weighted by Gasteiger charge is -2.19. The predicted octanol–water partition coefficient (Wildman–Crippen LogP) is 2.94. The van der Waals surface area contributed by atoms with Crippen molar-refractivity contribution in [3.8, 4) is 11.4 Å². The molecular weight excluding hydrogens is 318 g/mol. The summed E-state index contributed by atoms with van der Waals surface area (Å²) in [5.74, 6) is -3.22. The van der Waals surface area contributed by atoms with E-state index < -0.39 is 11.8 Å². The van der Waals surface area contributed by atoms with Gasteiger partial charge in [0.25, 0.3) is 5.92 Å². The van der Waals surface area contributed by atoms with Gasteiger partial charge in [0.15, 0.2) is 5.65 Å². The van der Waals surface area contributed by atoms with Crippen molar-refractivity contribution in [2.24, 2.45) is 0 Å². The molecular formula is C15H16F2N6O. The quantitative estimate of drug-likeness (QED) is 0.774. The maximum absolute atomic E-state index is 13.2. The van der Waals surface area contributed by atoms with Crippen LogP contribution in [0.2, 0.25) is 0 Å². The van der Waals surface area contributed by atoms with E-state index in [1.54, 1.807) is 4.68 Å². The summed E-state index contributed by atoms with van der Waals surface area (Å²) in [7, 11) is 0. The molecule has 1 fully saturated rings. The van der Waals surface area contributed by atoms with Gasteiger partial charge in [0, 0.05) is 12.5 Å². The molecule has 24 heavy (non-hydrogen) atoms. The minimum absolute atomic E-state index is 0.156. The first-order chi connectivity index (χ1) is 11.2. The van der Waals surface area contributed by atoms with E-state index in [2.05, 4.69) is 20.2 Å². The second-order valence-electron chi connectivity index (χ2n) is 7.02. The number of rotatable bonds is 2. The molecule has 1 aliphatic carbocycles. The van der Waals surface area contributed by atoms with Crippen molar-refractivity contribution in [3.63, 3.8) is 0 Å². The van der Waals surface area contributed by atoms with Crippen LogP contribution in [0.25, 0.3) is 22.4 Å². The molecule has 1 unspecified atom stereocenters. The minimum Gasteiger partial charge on any atom is -0.383 e. The van der Waals surface area contributed by atoms with Crippen LogP contribution >= 0.6 is 0 Å². The van der Waals surface area contributed by atoms with Gasteiger partial charge in [-0.05, 0) is 20.8 Å². The minimum atomic E-state index is -2.72. The Hall–Kier alpha value is -2.58. The Balaban J connectivity index is 1.88. The number of hydrogen-bond acceptors (Lipinski definition) is 6. The van der Waals surface area contributed by atoms with Crippen LogP contribution in [0.3, 0.4) is 0 Å². The van der Waals surface area contributed by atoms with Gasteiger partial charge in [-0.25, -0.2) is 23.4 Å². The highest BCUT2D eigenvalue weighted by molar-refractivity contribution is 5.97. The molecule has 1 aliphatic rings. The Morgan fingerprint density at radius 1 is 1.33 bits per heavy atom. The molecule has 0 aromatic carbocycles. The Morgan fingerprint density at radius 3 is 2.67 bits per heavy atom. The monoisotopic (exact) mass is 334 g/mol. The molecule has 0 spiro atoms. The first-order valence-corrected chi connectivity index (χ1v) is 7.53. The molecule has 2 N–H and O–H groups in total. The van der Waals surface area contributed by atoms with Crippen LogP contribution < -0.4 is 5.73 Å². The molecule has 1 atom stereocenters. The van der Waals surface area contributed by atoms with Gasteiger partial charge in [-0.1, -0.05) is 5.16 Å². The van der Waals surface area contributed by atoms with Crippen LogP contribution in [-0.4, -0.2) is 30.8 Å².